The van der Waals surface area contributed by atoms with E-state index < -0.39 is 0 Å². The minimum atomic E-state index is -0.178. The fourth-order valence-electron chi connectivity index (χ4n) is 0.337. The van der Waals surface area contributed by atoms with Crippen LogP contribution in [0.1, 0.15) is 0 Å². The van der Waals surface area contributed by atoms with Gasteiger partial charge in [0.2, 0.25) is 0 Å². The second kappa shape index (κ2) is 3.21. The zero-order chi connectivity index (χ0) is 5.11. The van der Waals surface area contributed by atoms with Crippen LogP contribution in [-0.4, -0.2) is 4.98 Å². The molecule has 8 heavy (non-hydrogen) atoms. The molecule has 44 valence electrons. The number of hydrogen-bond donors (Lipinski definition) is 1. The topological polar surface area (TPSA) is 47.0 Å². The van der Waals surface area contributed by atoms with Gasteiger partial charge in [0.1, 0.15) is 0 Å². The molecule has 2 N–H and O–H groups in total. The van der Waals surface area contributed by atoms with Crippen LogP contribution < -0.4 is 23.1 Å². The Bertz CT molecular complexity index is 180. The number of aromatic amines is 2. The summed E-state index contributed by atoms with van der Waals surface area (Å²) in [7, 11) is 0. The van der Waals surface area contributed by atoms with E-state index in [1.807, 2.05) is 0 Å². The van der Waals surface area contributed by atoms with Gasteiger partial charge >= 0.3 is 5.69 Å². The van der Waals surface area contributed by atoms with Crippen molar-refractivity contribution in [2.24, 2.45) is 0 Å². The molecule has 0 unspecified atom stereocenters. The molecule has 0 spiro atoms. The summed E-state index contributed by atoms with van der Waals surface area (Å²) < 4.78 is 0. The van der Waals surface area contributed by atoms with E-state index in [4.69, 9.17) is 0 Å². The van der Waals surface area contributed by atoms with Crippen molar-refractivity contribution in [1.82, 2.24) is 4.98 Å². The van der Waals surface area contributed by atoms with Crippen LogP contribution in [-0.2, 0) is 0 Å². The Labute approximate surface area is 52.2 Å². The Balaban J connectivity index is 0.000000490. The molecule has 4 heteroatoms. The largest absolute Gasteiger partial charge is 1.00 e. The quantitative estimate of drug-likeness (QED) is 0.387. The highest BCUT2D eigenvalue weighted by Gasteiger charge is 1.79. The summed E-state index contributed by atoms with van der Waals surface area (Å²) in [6.45, 7) is 0. The second-order valence-corrected chi connectivity index (χ2v) is 1.14. The van der Waals surface area contributed by atoms with Gasteiger partial charge in [0.15, 0.2) is 0 Å². The van der Waals surface area contributed by atoms with Crippen LogP contribution in [0.4, 0.5) is 0 Å². The first-order chi connectivity index (χ1) is 3.39. The molecule has 1 aromatic heterocycles. The van der Waals surface area contributed by atoms with Gasteiger partial charge in [-0.05, 0) is 0 Å². The molecule has 0 atom stereocenters. The average Bonchev–Trinajstić information content (AvgIpc) is 1.69. The van der Waals surface area contributed by atoms with E-state index in [1.54, 1.807) is 18.5 Å². The molecule has 0 saturated carbocycles. The molecule has 1 rings (SSSR count). The summed E-state index contributed by atoms with van der Waals surface area (Å²) in [6, 6.07) is 1.71. The predicted molar refractivity (Wildman–Crippen MR) is 23.6 cm³/mol. The van der Waals surface area contributed by atoms with Gasteiger partial charge in [-0.3, -0.25) is 0 Å². The number of rotatable bonds is 0. The first-order valence-electron chi connectivity index (χ1n) is 1.95. The standard InChI is InChI=1S/C4H4N2O.ClH/c7-4-5-2-1-3-6-4;/h1-3H,(H,5,6,7);1H. The molecule has 0 fully saturated rings. The Morgan fingerprint density at radius 2 is 2.38 bits per heavy atom. The van der Waals surface area contributed by atoms with Crippen molar-refractivity contribution in [1.29, 1.82) is 0 Å². The van der Waals surface area contributed by atoms with Gasteiger partial charge < -0.3 is 12.4 Å². The normalized spacial score (nSPS) is 7.50. The van der Waals surface area contributed by atoms with Crippen LogP contribution in [0.25, 0.3) is 0 Å². The molecule has 0 radical (unpaired) electrons. The van der Waals surface area contributed by atoms with Crippen LogP contribution in [0.15, 0.2) is 23.3 Å². The summed E-state index contributed by atoms with van der Waals surface area (Å²) in [5.41, 5.74) is -0.178. The van der Waals surface area contributed by atoms with Crippen molar-refractivity contribution in [3.8, 4) is 0 Å². The SMILES string of the molecule is O=c1[nH]ccc[nH+]1.[Cl-]. The van der Waals surface area contributed by atoms with E-state index in [1.165, 1.54) is 0 Å². The van der Waals surface area contributed by atoms with E-state index in [2.05, 4.69) is 9.97 Å². The van der Waals surface area contributed by atoms with Gasteiger partial charge in [-0.2, -0.15) is 4.79 Å². The van der Waals surface area contributed by atoms with E-state index in [9.17, 15) is 4.79 Å². The molecule has 0 aromatic carbocycles. The predicted octanol–water partition coefficient (Wildman–Crippen LogP) is -3.81. The van der Waals surface area contributed by atoms with Crippen molar-refractivity contribution < 1.29 is 17.4 Å². The Morgan fingerprint density at radius 1 is 1.62 bits per heavy atom. The van der Waals surface area contributed by atoms with E-state index in [-0.39, 0.29) is 18.1 Å². The smallest absolute Gasteiger partial charge is 0.493 e. The number of nitrogens with one attached hydrogen (secondary N) is 2. The molecule has 0 aliphatic carbocycles. The van der Waals surface area contributed by atoms with Crippen LogP contribution in [0, 0.1) is 0 Å². The highest BCUT2D eigenvalue weighted by molar-refractivity contribution is 4.68. The van der Waals surface area contributed by atoms with E-state index in [0.29, 0.717) is 0 Å². The molecule has 0 aliphatic heterocycles. The van der Waals surface area contributed by atoms with Crippen LogP contribution in [0.5, 0.6) is 0 Å². The summed E-state index contributed by atoms with van der Waals surface area (Å²) >= 11 is 0. The molecular formula is C4H5ClN2O. The lowest BCUT2D eigenvalue weighted by Gasteiger charge is -1.65. The molecule has 0 amide bonds. The Hall–Kier alpha value is -0.830. The maximum Gasteiger partial charge on any atom is 0.493 e. The van der Waals surface area contributed by atoms with Crippen molar-refractivity contribution in [3.63, 3.8) is 0 Å². The molecule has 0 saturated heterocycles. The van der Waals surface area contributed by atoms with Crippen LogP contribution in [0.2, 0.25) is 0 Å². The average molecular weight is 133 g/mol. The summed E-state index contributed by atoms with van der Waals surface area (Å²) in [5, 5.41) is 0. The van der Waals surface area contributed by atoms with Gasteiger partial charge in [0.25, 0.3) is 0 Å². The molecule has 1 heterocycles. The zero-order valence-electron chi connectivity index (χ0n) is 4.02. The van der Waals surface area contributed by atoms with Gasteiger partial charge in [-0.1, -0.05) is 0 Å². The Kier molecular flexibility index (Phi) is 2.88. The molecule has 3 nitrogen and oxygen atoms in total. The molecular weight excluding hydrogens is 128 g/mol. The van der Waals surface area contributed by atoms with Crippen molar-refractivity contribution >= 4 is 0 Å². The minimum absolute atomic E-state index is 0. The highest BCUT2D eigenvalue weighted by Crippen LogP contribution is 1.56. The van der Waals surface area contributed by atoms with Gasteiger partial charge in [-0.15, -0.1) is 0 Å². The minimum Gasteiger partial charge on any atom is -1.00 e. The zero-order valence-corrected chi connectivity index (χ0v) is 4.77. The first kappa shape index (κ1) is 7.17. The fraction of sp³-hybridized carbons (Fsp3) is 0. The maximum atomic E-state index is 10.2. The molecule has 0 bridgehead atoms. The second-order valence-electron chi connectivity index (χ2n) is 1.14. The van der Waals surface area contributed by atoms with Gasteiger partial charge in [0.05, 0.1) is 12.4 Å². The van der Waals surface area contributed by atoms with Crippen molar-refractivity contribution in [2.75, 3.05) is 0 Å². The third-order valence-corrected chi connectivity index (χ3v) is 0.621. The third kappa shape index (κ3) is 1.75. The maximum absolute atomic E-state index is 10.2. The third-order valence-electron chi connectivity index (χ3n) is 0.621. The lowest BCUT2D eigenvalue weighted by atomic mass is 10.7. The lowest BCUT2D eigenvalue weighted by Crippen LogP contribution is -3.00. The monoisotopic (exact) mass is 132 g/mol. The molecule has 1 aromatic rings. The van der Waals surface area contributed by atoms with Crippen molar-refractivity contribution in [2.45, 2.75) is 0 Å². The summed E-state index contributed by atoms with van der Waals surface area (Å²) in [4.78, 5) is 15.0. The fourth-order valence-corrected chi connectivity index (χ4v) is 0.337. The van der Waals surface area contributed by atoms with E-state index >= 15 is 0 Å². The van der Waals surface area contributed by atoms with Crippen LogP contribution in [0.3, 0.4) is 0 Å². The number of aromatic nitrogens is 2. The highest BCUT2D eigenvalue weighted by atomic mass is 35.5. The summed E-state index contributed by atoms with van der Waals surface area (Å²) in [5.74, 6) is 0. The van der Waals surface area contributed by atoms with Gasteiger partial charge in [0, 0.05) is 6.07 Å². The number of halogens is 1. The van der Waals surface area contributed by atoms with E-state index in [0.717, 1.165) is 0 Å². The van der Waals surface area contributed by atoms with Crippen LogP contribution >= 0.6 is 0 Å². The lowest BCUT2D eigenvalue weighted by molar-refractivity contribution is -0.402. The van der Waals surface area contributed by atoms with Gasteiger partial charge in [-0.25, -0.2) is 9.97 Å². The number of H-pyrrole nitrogens is 2. The van der Waals surface area contributed by atoms with Crippen molar-refractivity contribution in [3.05, 3.63) is 28.9 Å². The first-order valence-corrected chi connectivity index (χ1v) is 1.95. The number of hydrogen-bond acceptors (Lipinski definition) is 1. The molecule has 0 aliphatic rings. The summed E-state index contributed by atoms with van der Waals surface area (Å²) in [6.07, 6.45) is 3.14. The Morgan fingerprint density at radius 3 is 2.62 bits per heavy atom.